The van der Waals surface area contributed by atoms with Crippen molar-refractivity contribution in [3.05, 3.63) is 30.1 Å². The minimum atomic E-state index is -1.01. The van der Waals surface area contributed by atoms with Crippen LogP contribution in [0, 0.1) is 5.82 Å². The Morgan fingerprint density at radius 1 is 1.26 bits per heavy atom. The van der Waals surface area contributed by atoms with Crippen LogP contribution in [0.5, 0.6) is 0 Å². The summed E-state index contributed by atoms with van der Waals surface area (Å²) in [5.74, 6) is -1.28. The van der Waals surface area contributed by atoms with Crippen LogP contribution in [0.2, 0.25) is 0 Å². The van der Waals surface area contributed by atoms with Crippen molar-refractivity contribution in [2.45, 2.75) is 4.90 Å². The first-order valence-electron chi connectivity index (χ1n) is 5.58. The van der Waals surface area contributed by atoms with E-state index in [0.717, 1.165) is 4.90 Å². The van der Waals surface area contributed by atoms with E-state index in [-0.39, 0.29) is 18.9 Å². The van der Waals surface area contributed by atoms with Gasteiger partial charge in [0.2, 0.25) is 5.91 Å². The Hall–Kier alpha value is -1.60. The van der Waals surface area contributed by atoms with Crippen molar-refractivity contribution in [3.8, 4) is 0 Å². The molecule has 19 heavy (non-hydrogen) atoms. The molecule has 0 unspecified atom stereocenters. The number of carboxylic acid groups (broad SMARTS) is 1. The molecule has 0 bridgehead atoms. The predicted molar refractivity (Wildman–Crippen MR) is 70.4 cm³/mol. The van der Waals surface area contributed by atoms with E-state index in [9.17, 15) is 14.0 Å². The van der Waals surface area contributed by atoms with E-state index >= 15 is 0 Å². The number of nitrogens with zero attached hydrogens (tertiary/aromatic N) is 1. The van der Waals surface area contributed by atoms with E-state index in [1.165, 1.54) is 28.8 Å². The summed E-state index contributed by atoms with van der Waals surface area (Å²) in [5, 5.41) is 8.70. The average Bonchev–Trinajstić information content (AvgIpc) is 2.30. The zero-order valence-corrected chi connectivity index (χ0v) is 11.0. The molecule has 0 aliphatic carbocycles. The second kappa shape index (κ2) is 7.75. The molecule has 0 spiro atoms. The summed E-state index contributed by atoms with van der Waals surface area (Å²) in [5.41, 5.74) is 5.05. The third kappa shape index (κ3) is 6.78. The van der Waals surface area contributed by atoms with Crippen LogP contribution in [-0.4, -0.2) is 47.3 Å². The van der Waals surface area contributed by atoms with Crippen molar-refractivity contribution < 1.29 is 19.1 Å². The highest BCUT2D eigenvalue weighted by molar-refractivity contribution is 7.99. The predicted octanol–water partition coefficient (Wildman–Crippen LogP) is 0.790. The Balaban J connectivity index is 2.40. The Morgan fingerprint density at radius 2 is 1.89 bits per heavy atom. The zero-order chi connectivity index (χ0) is 14.3. The Bertz CT molecular complexity index is 423. The Kier molecular flexibility index (Phi) is 6.31. The molecule has 0 fully saturated rings. The van der Waals surface area contributed by atoms with Crippen LogP contribution in [0.4, 0.5) is 4.39 Å². The standard InChI is InChI=1S/C12H15FN2O3S/c13-9-1-3-10(4-2-9)19-6-5-15(7-11(14)16)8-12(17)18/h1-4H,5-8H2,(H2,14,16)(H,17,18). The highest BCUT2D eigenvalue weighted by atomic mass is 32.2. The van der Waals surface area contributed by atoms with Gasteiger partial charge in [-0.3, -0.25) is 14.5 Å². The largest absolute Gasteiger partial charge is 0.480 e. The quantitative estimate of drug-likeness (QED) is 0.690. The molecular formula is C12H15FN2O3S. The molecule has 3 N–H and O–H groups in total. The third-order valence-corrected chi connectivity index (χ3v) is 3.22. The van der Waals surface area contributed by atoms with Crippen LogP contribution in [-0.2, 0) is 9.59 Å². The number of rotatable bonds is 8. The van der Waals surface area contributed by atoms with E-state index in [1.54, 1.807) is 12.1 Å². The highest BCUT2D eigenvalue weighted by Gasteiger charge is 2.11. The molecule has 0 aliphatic rings. The third-order valence-electron chi connectivity index (χ3n) is 2.23. The molecule has 0 heterocycles. The Morgan fingerprint density at radius 3 is 2.42 bits per heavy atom. The van der Waals surface area contributed by atoms with Gasteiger partial charge in [-0.1, -0.05) is 0 Å². The zero-order valence-electron chi connectivity index (χ0n) is 10.2. The highest BCUT2D eigenvalue weighted by Crippen LogP contribution is 2.17. The van der Waals surface area contributed by atoms with Gasteiger partial charge in [-0.2, -0.15) is 0 Å². The lowest BCUT2D eigenvalue weighted by Gasteiger charge is -2.17. The molecule has 0 aromatic heterocycles. The summed E-state index contributed by atoms with van der Waals surface area (Å²) >= 11 is 1.46. The van der Waals surface area contributed by atoms with Crippen LogP contribution in [0.15, 0.2) is 29.2 Å². The molecule has 1 amide bonds. The van der Waals surface area contributed by atoms with Gasteiger partial charge >= 0.3 is 5.97 Å². The number of thioether (sulfide) groups is 1. The van der Waals surface area contributed by atoms with Crippen LogP contribution in [0.25, 0.3) is 0 Å². The molecule has 104 valence electrons. The fourth-order valence-electron chi connectivity index (χ4n) is 1.45. The van der Waals surface area contributed by atoms with Crippen LogP contribution >= 0.6 is 11.8 Å². The second-order valence-corrected chi connectivity index (χ2v) is 5.04. The number of aliphatic carboxylic acids is 1. The minimum Gasteiger partial charge on any atom is -0.480 e. The summed E-state index contributed by atoms with van der Waals surface area (Å²) in [7, 11) is 0. The van der Waals surface area contributed by atoms with Gasteiger partial charge in [0.25, 0.3) is 0 Å². The first kappa shape index (κ1) is 15.5. The summed E-state index contributed by atoms with van der Waals surface area (Å²) in [6, 6.07) is 6.02. The summed E-state index contributed by atoms with van der Waals surface area (Å²) in [6.45, 7) is 0.0977. The van der Waals surface area contributed by atoms with Crippen molar-refractivity contribution in [1.29, 1.82) is 0 Å². The van der Waals surface area contributed by atoms with Crippen LogP contribution in [0.1, 0.15) is 0 Å². The number of nitrogens with two attached hydrogens (primary N) is 1. The van der Waals surface area contributed by atoms with Crippen LogP contribution < -0.4 is 5.73 Å². The number of carbonyl (C=O) groups excluding carboxylic acids is 1. The lowest BCUT2D eigenvalue weighted by molar-refractivity contribution is -0.138. The van der Waals surface area contributed by atoms with Gasteiger partial charge in [0.15, 0.2) is 0 Å². The SMILES string of the molecule is NC(=O)CN(CCSc1ccc(F)cc1)CC(=O)O. The van der Waals surface area contributed by atoms with Gasteiger partial charge in [-0.15, -0.1) is 11.8 Å². The van der Waals surface area contributed by atoms with Gasteiger partial charge in [-0.25, -0.2) is 4.39 Å². The van der Waals surface area contributed by atoms with Crippen molar-refractivity contribution >= 4 is 23.6 Å². The maximum atomic E-state index is 12.7. The maximum absolute atomic E-state index is 12.7. The fourth-order valence-corrected chi connectivity index (χ4v) is 2.36. The van der Waals surface area contributed by atoms with Gasteiger partial charge < -0.3 is 10.8 Å². The molecule has 0 radical (unpaired) electrons. The number of carboxylic acids is 1. The molecule has 7 heteroatoms. The minimum absolute atomic E-state index is 0.0870. The second-order valence-electron chi connectivity index (χ2n) is 3.87. The van der Waals surface area contributed by atoms with E-state index in [4.69, 9.17) is 10.8 Å². The lowest BCUT2D eigenvalue weighted by Crippen LogP contribution is -2.38. The summed E-state index contributed by atoms with van der Waals surface area (Å²) in [6.07, 6.45) is 0. The molecule has 1 aromatic carbocycles. The van der Waals surface area contributed by atoms with Gasteiger partial charge in [0, 0.05) is 17.2 Å². The normalized spacial score (nSPS) is 10.6. The van der Waals surface area contributed by atoms with E-state index in [2.05, 4.69) is 0 Å². The van der Waals surface area contributed by atoms with Gasteiger partial charge in [0.05, 0.1) is 13.1 Å². The van der Waals surface area contributed by atoms with E-state index < -0.39 is 11.9 Å². The lowest BCUT2D eigenvalue weighted by atomic mass is 10.4. The number of halogens is 1. The van der Waals surface area contributed by atoms with Crippen molar-refractivity contribution in [2.24, 2.45) is 5.73 Å². The number of benzene rings is 1. The van der Waals surface area contributed by atoms with Crippen molar-refractivity contribution in [3.63, 3.8) is 0 Å². The molecule has 0 saturated heterocycles. The number of hydrogen-bond donors (Lipinski definition) is 2. The number of amides is 1. The van der Waals surface area contributed by atoms with Crippen molar-refractivity contribution in [2.75, 3.05) is 25.4 Å². The topological polar surface area (TPSA) is 83.6 Å². The number of carbonyl (C=O) groups is 2. The smallest absolute Gasteiger partial charge is 0.317 e. The Labute approximate surface area is 114 Å². The number of primary amides is 1. The fraction of sp³-hybridized carbons (Fsp3) is 0.333. The molecule has 1 rings (SSSR count). The summed E-state index contributed by atoms with van der Waals surface area (Å²) in [4.78, 5) is 23.8. The van der Waals surface area contributed by atoms with Gasteiger partial charge in [0.1, 0.15) is 5.82 Å². The number of hydrogen-bond acceptors (Lipinski definition) is 4. The maximum Gasteiger partial charge on any atom is 0.317 e. The average molecular weight is 286 g/mol. The molecule has 5 nitrogen and oxygen atoms in total. The molecular weight excluding hydrogens is 271 g/mol. The van der Waals surface area contributed by atoms with E-state index in [1.807, 2.05) is 0 Å². The van der Waals surface area contributed by atoms with Gasteiger partial charge in [-0.05, 0) is 24.3 Å². The summed E-state index contributed by atoms with van der Waals surface area (Å²) < 4.78 is 12.7. The molecule has 0 saturated carbocycles. The molecule has 0 atom stereocenters. The molecule has 1 aromatic rings. The van der Waals surface area contributed by atoms with Crippen LogP contribution in [0.3, 0.4) is 0 Å². The van der Waals surface area contributed by atoms with E-state index in [0.29, 0.717) is 12.3 Å². The monoisotopic (exact) mass is 286 g/mol. The first-order chi connectivity index (χ1) is 8.97. The first-order valence-corrected chi connectivity index (χ1v) is 6.57. The molecule has 0 aliphatic heterocycles. The van der Waals surface area contributed by atoms with Crippen molar-refractivity contribution in [1.82, 2.24) is 4.90 Å².